The van der Waals surface area contributed by atoms with Gasteiger partial charge in [0.05, 0.1) is 5.56 Å². The minimum Gasteiger partial charge on any atom is -0.352 e. The van der Waals surface area contributed by atoms with E-state index in [1.54, 1.807) is 6.20 Å². The average Bonchev–Trinajstić information content (AvgIpc) is 2.72. The highest BCUT2D eigenvalue weighted by Crippen LogP contribution is 2.55. The maximum atomic E-state index is 12.5. The molecular weight excluding hydrogens is 332 g/mol. The summed E-state index contributed by atoms with van der Waals surface area (Å²) in [5, 5.41) is 3.16. The van der Waals surface area contributed by atoms with Crippen LogP contribution in [0, 0.1) is 12.8 Å². The molecule has 1 aromatic heterocycles. The van der Waals surface area contributed by atoms with Crippen molar-refractivity contribution in [2.75, 3.05) is 6.54 Å². The summed E-state index contributed by atoms with van der Waals surface area (Å²) < 4.78 is 0. The van der Waals surface area contributed by atoms with Gasteiger partial charge in [0.2, 0.25) is 0 Å². The summed E-state index contributed by atoms with van der Waals surface area (Å²) in [4.78, 5) is 16.8. The Kier molecular flexibility index (Phi) is 3.82. The average molecular weight is 354 g/mol. The molecule has 6 rings (SSSR count). The zero-order chi connectivity index (χ0) is 18.4. The van der Waals surface area contributed by atoms with Crippen LogP contribution < -0.4 is 5.32 Å². The van der Waals surface area contributed by atoms with E-state index >= 15 is 0 Å². The van der Waals surface area contributed by atoms with Crippen molar-refractivity contribution in [3.63, 3.8) is 0 Å². The van der Waals surface area contributed by atoms with Crippen molar-refractivity contribution in [1.82, 2.24) is 10.3 Å². The third-order valence-electron chi connectivity index (χ3n) is 6.12. The van der Waals surface area contributed by atoms with Crippen LogP contribution in [0.15, 0.2) is 66.9 Å². The molecule has 1 N–H and O–H groups in total. The number of carbonyl (C=O) groups excluding carboxylic acids is 1. The first kappa shape index (κ1) is 16.2. The summed E-state index contributed by atoms with van der Waals surface area (Å²) in [7, 11) is 0. The molecular formula is C24H22N2O. The van der Waals surface area contributed by atoms with Gasteiger partial charge in [0, 0.05) is 30.3 Å². The van der Waals surface area contributed by atoms with Crippen molar-refractivity contribution in [1.29, 1.82) is 0 Å². The fraction of sp³-hybridized carbons (Fsp3) is 0.250. The number of amides is 1. The van der Waals surface area contributed by atoms with Crippen LogP contribution >= 0.6 is 0 Å². The predicted octanol–water partition coefficient (Wildman–Crippen LogP) is 4.42. The summed E-state index contributed by atoms with van der Waals surface area (Å²) in [5.74, 6) is 1.18. The molecule has 3 aliphatic rings. The lowest BCUT2D eigenvalue weighted by molar-refractivity contribution is 0.0942. The van der Waals surface area contributed by atoms with Gasteiger partial charge in [-0.05, 0) is 53.6 Å². The Labute approximate surface area is 159 Å². The molecule has 0 aliphatic heterocycles. The van der Waals surface area contributed by atoms with Crippen LogP contribution in [-0.4, -0.2) is 17.4 Å². The number of fused-ring (bicyclic) bond motifs is 1. The highest BCUT2D eigenvalue weighted by atomic mass is 16.1. The Morgan fingerprint density at radius 2 is 1.59 bits per heavy atom. The molecule has 1 unspecified atom stereocenters. The number of nitrogens with zero attached hydrogens (tertiary/aromatic N) is 1. The summed E-state index contributed by atoms with van der Waals surface area (Å²) in [5.41, 5.74) is 7.34. The lowest BCUT2D eigenvalue weighted by atomic mass is 9.59. The quantitative estimate of drug-likeness (QED) is 0.757. The maximum absolute atomic E-state index is 12.5. The molecule has 0 spiro atoms. The number of aromatic nitrogens is 1. The number of carbonyl (C=O) groups is 1. The second kappa shape index (κ2) is 6.34. The van der Waals surface area contributed by atoms with Crippen LogP contribution in [0.5, 0.6) is 0 Å². The molecule has 0 fully saturated rings. The van der Waals surface area contributed by atoms with Crippen molar-refractivity contribution in [3.8, 4) is 0 Å². The zero-order valence-electron chi connectivity index (χ0n) is 15.4. The van der Waals surface area contributed by atoms with E-state index in [0.717, 1.165) is 12.1 Å². The van der Waals surface area contributed by atoms with Gasteiger partial charge < -0.3 is 5.32 Å². The molecule has 0 radical (unpaired) electrons. The highest BCUT2D eigenvalue weighted by Gasteiger charge is 2.42. The van der Waals surface area contributed by atoms with Crippen molar-refractivity contribution in [3.05, 3.63) is 100 Å². The fourth-order valence-corrected chi connectivity index (χ4v) is 4.89. The molecule has 2 aromatic carbocycles. The lowest BCUT2D eigenvalue weighted by Gasteiger charge is -2.45. The number of benzene rings is 2. The van der Waals surface area contributed by atoms with Crippen molar-refractivity contribution >= 4 is 5.91 Å². The summed E-state index contributed by atoms with van der Waals surface area (Å²) in [6.45, 7) is 2.62. The van der Waals surface area contributed by atoms with Crippen molar-refractivity contribution < 1.29 is 4.79 Å². The molecule has 0 saturated heterocycles. The van der Waals surface area contributed by atoms with Crippen LogP contribution in [-0.2, 0) is 0 Å². The first-order chi connectivity index (χ1) is 13.2. The smallest absolute Gasteiger partial charge is 0.252 e. The van der Waals surface area contributed by atoms with E-state index in [2.05, 4.69) is 58.8 Å². The number of pyridine rings is 1. The Balaban J connectivity index is 1.42. The third-order valence-corrected chi connectivity index (χ3v) is 6.12. The van der Waals surface area contributed by atoms with E-state index in [1.165, 1.54) is 22.3 Å². The Bertz CT molecular complexity index is 961. The van der Waals surface area contributed by atoms with E-state index in [9.17, 15) is 4.79 Å². The van der Waals surface area contributed by atoms with Gasteiger partial charge in [0.1, 0.15) is 0 Å². The van der Waals surface area contributed by atoms with Gasteiger partial charge in [-0.2, -0.15) is 0 Å². The van der Waals surface area contributed by atoms with Crippen LogP contribution in [0.1, 0.15) is 56.6 Å². The van der Waals surface area contributed by atoms with Gasteiger partial charge in [-0.15, -0.1) is 0 Å². The zero-order valence-corrected chi connectivity index (χ0v) is 15.4. The molecule has 1 atom stereocenters. The molecule has 3 heteroatoms. The molecule has 2 bridgehead atoms. The van der Waals surface area contributed by atoms with Crippen molar-refractivity contribution in [2.24, 2.45) is 5.92 Å². The largest absolute Gasteiger partial charge is 0.352 e. The molecule has 3 nitrogen and oxygen atoms in total. The number of hydrogen-bond acceptors (Lipinski definition) is 2. The first-order valence-corrected chi connectivity index (χ1v) is 9.61. The van der Waals surface area contributed by atoms with Crippen LogP contribution in [0.3, 0.4) is 0 Å². The fourth-order valence-electron chi connectivity index (χ4n) is 4.89. The van der Waals surface area contributed by atoms with Gasteiger partial charge in [-0.1, -0.05) is 48.5 Å². The topological polar surface area (TPSA) is 42.0 Å². The normalized spacial score (nSPS) is 22.0. The summed E-state index contributed by atoms with van der Waals surface area (Å²) >= 11 is 0. The molecule has 3 aliphatic carbocycles. The van der Waals surface area contributed by atoms with Crippen LogP contribution in [0.2, 0.25) is 0 Å². The number of rotatable bonds is 3. The second-order valence-electron chi connectivity index (χ2n) is 7.68. The lowest BCUT2D eigenvalue weighted by Crippen LogP contribution is -2.39. The third kappa shape index (κ3) is 2.66. The second-order valence-corrected chi connectivity index (χ2v) is 7.68. The Morgan fingerprint density at radius 1 is 0.963 bits per heavy atom. The number of nitrogens with one attached hydrogen (secondary N) is 1. The minimum atomic E-state index is -0.0366. The maximum Gasteiger partial charge on any atom is 0.252 e. The van der Waals surface area contributed by atoms with Gasteiger partial charge in [0.15, 0.2) is 0 Å². The molecule has 3 aromatic rings. The van der Waals surface area contributed by atoms with E-state index in [4.69, 9.17) is 0 Å². The molecule has 27 heavy (non-hydrogen) atoms. The van der Waals surface area contributed by atoms with Gasteiger partial charge in [-0.25, -0.2) is 0 Å². The van der Waals surface area contributed by atoms with Gasteiger partial charge >= 0.3 is 0 Å². The van der Waals surface area contributed by atoms with E-state index in [0.29, 0.717) is 29.9 Å². The minimum absolute atomic E-state index is 0.0366. The molecule has 134 valence electrons. The van der Waals surface area contributed by atoms with Crippen LogP contribution in [0.4, 0.5) is 0 Å². The number of hydrogen-bond donors (Lipinski definition) is 1. The summed E-state index contributed by atoms with van der Waals surface area (Å²) in [6, 6.07) is 21.4. The highest BCUT2D eigenvalue weighted by molar-refractivity contribution is 5.93. The van der Waals surface area contributed by atoms with Crippen LogP contribution in [0.25, 0.3) is 0 Å². The first-order valence-electron chi connectivity index (χ1n) is 9.61. The molecule has 1 amide bonds. The Morgan fingerprint density at radius 3 is 2.19 bits per heavy atom. The molecule has 0 saturated carbocycles. The SMILES string of the molecule is Cc1ccc(C(=O)NCC2CC3c4ccccc4C2c2ccccc23)cn1. The Hall–Kier alpha value is -2.94. The number of aryl methyl sites for hydroxylation is 1. The predicted molar refractivity (Wildman–Crippen MR) is 106 cm³/mol. The van der Waals surface area contributed by atoms with E-state index in [1.807, 2.05) is 19.1 Å². The monoisotopic (exact) mass is 354 g/mol. The van der Waals surface area contributed by atoms with E-state index < -0.39 is 0 Å². The van der Waals surface area contributed by atoms with Gasteiger partial charge in [-0.3, -0.25) is 9.78 Å². The summed E-state index contributed by atoms with van der Waals surface area (Å²) in [6.07, 6.45) is 2.74. The standard InChI is InChI=1S/C24H22N2O/c1-15-10-11-16(13-25-15)24(27)26-14-17-12-22-18-6-2-4-8-20(18)23(17)21-9-5-3-7-19(21)22/h2-11,13,17,22-23H,12,14H2,1H3,(H,26,27). The van der Waals surface area contributed by atoms with Gasteiger partial charge in [0.25, 0.3) is 5.91 Å². The van der Waals surface area contributed by atoms with Crippen molar-refractivity contribution in [2.45, 2.75) is 25.2 Å². The van der Waals surface area contributed by atoms with E-state index in [-0.39, 0.29) is 5.91 Å². The molecule has 1 heterocycles.